The van der Waals surface area contributed by atoms with E-state index < -0.39 is 6.10 Å². The van der Waals surface area contributed by atoms with Crippen molar-refractivity contribution >= 4 is 5.91 Å². The summed E-state index contributed by atoms with van der Waals surface area (Å²) in [4.78, 5) is 11.4. The largest absolute Gasteiger partial charge is 0.467 e. The average Bonchev–Trinajstić information content (AvgIpc) is 2.77. The van der Waals surface area contributed by atoms with Crippen molar-refractivity contribution in [2.24, 2.45) is 5.92 Å². The van der Waals surface area contributed by atoms with Crippen LogP contribution < -0.4 is 5.32 Å². The lowest BCUT2D eigenvalue weighted by Crippen LogP contribution is -2.32. The first-order valence-corrected chi connectivity index (χ1v) is 5.14. The maximum absolute atomic E-state index is 11.4. The van der Waals surface area contributed by atoms with Crippen LogP contribution in [0.15, 0.2) is 22.8 Å². The highest BCUT2D eigenvalue weighted by Gasteiger charge is 2.14. The van der Waals surface area contributed by atoms with Gasteiger partial charge in [0.15, 0.2) is 0 Å². The molecule has 2 N–H and O–H groups in total. The maximum atomic E-state index is 11.4. The van der Waals surface area contributed by atoms with Crippen LogP contribution in [0.5, 0.6) is 0 Å². The van der Waals surface area contributed by atoms with Gasteiger partial charge in [0.05, 0.1) is 12.8 Å². The molecule has 0 aliphatic carbocycles. The van der Waals surface area contributed by atoms with Crippen molar-refractivity contribution in [3.63, 3.8) is 0 Å². The van der Waals surface area contributed by atoms with Gasteiger partial charge in [0.2, 0.25) is 5.91 Å². The Kier molecular flexibility index (Phi) is 4.37. The zero-order valence-corrected chi connectivity index (χ0v) is 9.06. The normalized spacial score (nSPS) is 14.6. The molecule has 0 aromatic carbocycles. The monoisotopic (exact) mass is 211 g/mol. The second-order valence-electron chi connectivity index (χ2n) is 3.59. The van der Waals surface area contributed by atoms with E-state index in [0.717, 1.165) is 6.42 Å². The first-order valence-electron chi connectivity index (χ1n) is 5.14. The summed E-state index contributed by atoms with van der Waals surface area (Å²) in [5, 5.41) is 12.3. The molecule has 1 amide bonds. The van der Waals surface area contributed by atoms with Gasteiger partial charge in [0, 0.05) is 5.92 Å². The first-order chi connectivity index (χ1) is 7.15. The fourth-order valence-electron chi connectivity index (χ4n) is 1.14. The molecule has 0 spiro atoms. The first kappa shape index (κ1) is 11.8. The Morgan fingerprint density at radius 3 is 2.93 bits per heavy atom. The van der Waals surface area contributed by atoms with Gasteiger partial charge in [0.25, 0.3) is 0 Å². The number of amides is 1. The molecule has 1 rings (SSSR count). The standard InChI is InChI=1S/C11H17NO3/c1-3-8(2)11(14)12-7-9(13)10-5-4-6-15-10/h4-6,8-9,13H,3,7H2,1-2H3,(H,12,14). The fourth-order valence-corrected chi connectivity index (χ4v) is 1.14. The minimum atomic E-state index is -0.770. The summed E-state index contributed by atoms with van der Waals surface area (Å²) in [6, 6.07) is 3.38. The number of furan rings is 1. The third-order valence-electron chi connectivity index (χ3n) is 2.40. The van der Waals surface area contributed by atoms with Gasteiger partial charge in [-0.05, 0) is 18.6 Å². The van der Waals surface area contributed by atoms with E-state index in [0.29, 0.717) is 5.76 Å². The van der Waals surface area contributed by atoms with Crippen molar-refractivity contribution in [2.45, 2.75) is 26.4 Å². The molecule has 4 heteroatoms. The molecule has 0 fully saturated rings. The van der Waals surface area contributed by atoms with E-state index in [1.54, 1.807) is 12.1 Å². The molecule has 2 unspecified atom stereocenters. The summed E-state index contributed by atoms with van der Waals surface area (Å²) >= 11 is 0. The second kappa shape index (κ2) is 5.56. The zero-order valence-electron chi connectivity index (χ0n) is 9.06. The highest BCUT2D eigenvalue weighted by molar-refractivity contribution is 5.78. The molecule has 2 atom stereocenters. The highest BCUT2D eigenvalue weighted by Crippen LogP contribution is 2.11. The van der Waals surface area contributed by atoms with Crippen LogP contribution in [0.4, 0.5) is 0 Å². The van der Waals surface area contributed by atoms with Crippen molar-refractivity contribution in [1.82, 2.24) is 5.32 Å². The molecule has 1 heterocycles. The predicted octanol–water partition coefficient (Wildman–Crippen LogP) is 1.48. The number of carbonyl (C=O) groups is 1. The van der Waals surface area contributed by atoms with Gasteiger partial charge in [-0.25, -0.2) is 0 Å². The Balaban J connectivity index is 2.34. The van der Waals surface area contributed by atoms with Crippen molar-refractivity contribution < 1.29 is 14.3 Å². The van der Waals surface area contributed by atoms with E-state index in [1.165, 1.54) is 6.26 Å². The van der Waals surface area contributed by atoms with Gasteiger partial charge >= 0.3 is 0 Å². The van der Waals surface area contributed by atoms with E-state index in [4.69, 9.17) is 4.42 Å². The van der Waals surface area contributed by atoms with Gasteiger partial charge in [0.1, 0.15) is 11.9 Å². The van der Waals surface area contributed by atoms with Crippen LogP contribution in [-0.4, -0.2) is 17.6 Å². The average molecular weight is 211 g/mol. The number of hydrogen-bond acceptors (Lipinski definition) is 3. The maximum Gasteiger partial charge on any atom is 0.222 e. The van der Waals surface area contributed by atoms with Crippen LogP contribution in [0.2, 0.25) is 0 Å². The van der Waals surface area contributed by atoms with Crippen molar-refractivity contribution in [3.8, 4) is 0 Å². The molecule has 0 aliphatic heterocycles. The molecule has 1 aromatic heterocycles. The molecule has 0 aliphatic rings. The highest BCUT2D eigenvalue weighted by atomic mass is 16.4. The van der Waals surface area contributed by atoms with Crippen molar-refractivity contribution in [3.05, 3.63) is 24.2 Å². The van der Waals surface area contributed by atoms with Crippen LogP contribution in [-0.2, 0) is 4.79 Å². The molecule has 84 valence electrons. The smallest absolute Gasteiger partial charge is 0.222 e. The topological polar surface area (TPSA) is 62.5 Å². The predicted molar refractivity (Wildman–Crippen MR) is 56.1 cm³/mol. The molecular formula is C11H17NO3. The molecule has 15 heavy (non-hydrogen) atoms. The molecular weight excluding hydrogens is 194 g/mol. The van der Waals surface area contributed by atoms with Crippen LogP contribution in [0.1, 0.15) is 32.1 Å². The lowest BCUT2D eigenvalue weighted by Gasteiger charge is -2.12. The third-order valence-corrected chi connectivity index (χ3v) is 2.40. The number of rotatable bonds is 5. The van der Waals surface area contributed by atoms with Crippen LogP contribution in [0, 0.1) is 5.92 Å². The van der Waals surface area contributed by atoms with Crippen LogP contribution in [0.3, 0.4) is 0 Å². The number of aliphatic hydroxyl groups is 1. The number of hydrogen-bond donors (Lipinski definition) is 2. The fraction of sp³-hybridized carbons (Fsp3) is 0.545. The number of aliphatic hydroxyl groups excluding tert-OH is 1. The van der Waals surface area contributed by atoms with Crippen LogP contribution in [0.25, 0.3) is 0 Å². The lowest BCUT2D eigenvalue weighted by molar-refractivity contribution is -0.125. The number of carbonyl (C=O) groups excluding carboxylic acids is 1. The summed E-state index contributed by atoms with van der Waals surface area (Å²) in [7, 11) is 0. The SMILES string of the molecule is CCC(C)C(=O)NCC(O)c1ccco1. The molecule has 0 saturated heterocycles. The Hall–Kier alpha value is -1.29. The summed E-state index contributed by atoms with van der Waals surface area (Å²) in [6.45, 7) is 4.00. The zero-order chi connectivity index (χ0) is 11.3. The van der Waals surface area contributed by atoms with E-state index >= 15 is 0 Å². The minimum absolute atomic E-state index is 0.0196. The summed E-state index contributed by atoms with van der Waals surface area (Å²) in [5.74, 6) is 0.413. The molecule has 4 nitrogen and oxygen atoms in total. The van der Waals surface area contributed by atoms with E-state index in [2.05, 4.69) is 5.32 Å². The summed E-state index contributed by atoms with van der Waals surface area (Å²) in [6.07, 6.45) is 1.52. The van der Waals surface area contributed by atoms with Gasteiger partial charge in [-0.2, -0.15) is 0 Å². The molecule has 1 aromatic rings. The van der Waals surface area contributed by atoms with E-state index in [1.807, 2.05) is 13.8 Å². The van der Waals surface area contributed by atoms with Gasteiger partial charge in [-0.1, -0.05) is 13.8 Å². The van der Waals surface area contributed by atoms with Gasteiger partial charge in [-0.3, -0.25) is 4.79 Å². The van der Waals surface area contributed by atoms with E-state index in [-0.39, 0.29) is 18.4 Å². The summed E-state index contributed by atoms with van der Waals surface area (Å²) < 4.78 is 5.01. The Morgan fingerprint density at radius 2 is 2.40 bits per heavy atom. The lowest BCUT2D eigenvalue weighted by atomic mass is 10.1. The summed E-state index contributed by atoms with van der Waals surface area (Å²) in [5.41, 5.74) is 0. The second-order valence-corrected chi connectivity index (χ2v) is 3.59. The third kappa shape index (κ3) is 3.40. The quantitative estimate of drug-likeness (QED) is 0.775. The Morgan fingerprint density at radius 1 is 1.67 bits per heavy atom. The molecule has 0 bridgehead atoms. The number of nitrogens with one attached hydrogen (secondary N) is 1. The Bertz CT molecular complexity index is 295. The molecule has 0 radical (unpaired) electrons. The van der Waals surface area contributed by atoms with Crippen molar-refractivity contribution in [2.75, 3.05) is 6.54 Å². The van der Waals surface area contributed by atoms with Crippen molar-refractivity contribution in [1.29, 1.82) is 0 Å². The van der Waals surface area contributed by atoms with Crippen LogP contribution >= 0.6 is 0 Å². The van der Waals surface area contributed by atoms with Gasteiger partial charge < -0.3 is 14.8 Å². The van der Waals surface area contributed by atoms with E-state index in [9.17, 15) is 9.90 Å². The Labute approximate surface area is 89.3 Å². The van der Waals surface area contributed by atoms with Gasteiger partial charge in [-0.15, -0.1) is 0 Å². The molecule has 0 saturated carbocycles. The minimum Gasteiger partial charge on any atom is -0.467 e.